The number of nitrogens with zero attached hydrogens (tertiary/aromatic N) is 1. The smallest absolute Gasteiger partial charge is 0.242 e. The van der Waals surface area contributed by atoms with Crippen molar-refractivity contribution in [1.29, 1.82) is 0 Å². The third-order valence-corrected chi connectivity index (χ3v) is 4.42. The Morgan fingerprint density at radius 1 is 1.29 bits per heavy atom. The van der Waals surface area contributed by atoms with Gasteiger partial charge in [-0.15, -0.1) is 0 Å². The summed E-state index contributed by atoms with van der Waals surface area (Å²) in [6.45, 7) is 7.90. The molecule has 98 valence electrons. The predicted octanol–water partition coefficient (Wildman–Crippen LogP) is 2.17. The van der Waals surface area contributed by atoms with Gasteiger partial charge in [-0.25, -0.2) is 0 Å². The minimum Gasteiger partial charge on any atom is -0.338 e. The Bertz CT molecular complexity index is 288. The van der Waals surface area contributed by atoms with Gasteiger partial charge in [-0.1, -0.05) is 19.8 Å². The lowest BCUT2D eigenvalue weighted by molar-refractivity contribution is -0.138. The molecule has 1 heterocycles. The molecule has 2 fully saturated rings. The molecule has 1 saturated carbocycles. The van der Waals surface area contributed by atoms with Gasteiger partial charge >= 0.3 is 0 Å². The first-order valence-electron chi connectivity index (χ1n) is 7.12. The molecule has 1 aliphatic carbocycles. The molecule has 1 saturated heterocycles. The Hall–Kier alpha value is -0.570. The van der Waals surface area contributed by atoms with Crippen molar-refractivity contribution in [1.82, 2.24) is 10.2 Å². The summed E-state index contributed by atoms with van der Waals surface area (Å²) in [7, 11) is 0. The molecule has 2 unspecified atom stereocenters. The average molecular weight is 238 g/mol. The maximum atomic E-state index is 12.6. The molecule has 3 heteroatoms. The summed E-state index contributed by atoms with van der Waals surface area (Å²) in [5, 5.41) is 3.30. The van der Waals surface area contributed by atoms with Crippen LogP contribution in [-0.2, 0) is 4.79 Å². The maximum absolute atomic E-state index is 12.6. The van der Waals surface area contributed by atoms with Gasteiger partial charge in [0.05, 0.1) is 5.54 Å². The fourth-order valence-corrected chi connectivity index (χ4v) is 3.53. The van der Waals surface area contributed by atoms with Crippen LogP contribution in [0.5, 0.6) is 0 Å². The highest BCUT2D eigenvalue weighted by Crippen LogP contribution is 2.37. The van der Waals surface area contributed by atoms with Gasteiger partial charge in [0.1, 0.15) is 0 Å². The first kappa shape index (κ1) is 12.9. The molecule has 0 aromatic carbocycles. The van der Waals surface area contributed by atoms with Gasteiger partial charge in [-0.05, 0) is 45.6 Å². The number of amides is 1. The fraction of sp³-hybridized carbons (Fsp3) is 0.929. The number of rotatable bonds is 3. The molecule has 0 aromatic heterocycles. The topological polar surface area (TPSA) is 32.3 Å². The first-order chi connectivity index (χ1) is 8.06. The monoisotopic (exact) mass is 238 g/mol. The van der Waals surface area contributed by atoms with Crippen LogP contribution in [0.3, 0.4) is 0 Å². The molecule has 17 heavy (non-hydrogen) atoms. The normalized spacial score (nSPS) is 29.2. The molecule has 1 N–H and O–H groups in total. The molecule has 2 aliphatic rings. The largest absolute Gasteiger partial charge is 0.338 e. The van der Waals surface area contributed by atoms with Gasteiger partial charge in [-0.2, -0.15) is 0 Å². The van der Waals surface area contributed by atoms with Crippen LogP contribution in [0.15, 0.2) is 0 Å². The Morgan fingerprint density at radius 2 is 2.00 bits per heavy atom. The second kappa shape index (κ2) is 4.97. The number of nitrogens with one attached hydrogen (secondary N) is 1. The van der Waals surface area contributed by atoms with Crippen molar-refractivity contribution in [2.24, 2.45) is 5.92 Å². The van der Waals surface area contributed by atoms with Gasteiger partial charge in [-0.3, -0.25) is 4.79 Å². The zero-order valence-corrected chi connectivity index (χ0v) is 11.5. The van der Waals surface area contributed by atoms with Crippen molar-refractivity contribution >= 4 is 5.91 Å². The van der Waals surface area contributed by atoms with Crippen LogP contribution in [0.4, 0.5) is 0 Å². The molecular formula is C14H26N2O. The number of likely N-dealkylation sites (N-methyl/N-ethyl adjacent to an activating group) is 1. The molecule has 0 bridgehead atoms. The van der Waals surface area contributed by atoms with E-state index in [2.05, 4.69) is 17.1 Å². The summed E-state index contributed by atoms with van der Waals surface area (Å²) in [6, 6.07) is 0.536. The van der Waals surface area contributed by atoms with Crippen LogP contribution in [0, 0.1) is 5.92 Å². The van der Waals surface area contributed by atoms with Crippen LogP contribution >= 0.6 is 0 Å². The minimum atomic E-state index is -0.402. The van der Waals surface area contributed by atoms with Crippen molar-refractivity contribution in [2.45, 2.75) is 64.5 Å². The highest BCUT2D eigenvalue weighted by molar-refractivity contribution is 5.86. The molecule has 1 aliphatic heterocycles. The van der Waals surface area contributed by atoms with E-state index in [9.17, 15) is 4.79 Å². The number of hydrogen-bond acceptors (Lipinski definition) is 2. The summed E-state index contributed by atoms with van der Waals surface area (Å²) < 4.78 is 0. The number of carbonyl (C=O) groups excluding carboxylic acids is 1. The quantitative estimate of drug-likeness (QED) is 0.817. The predicted molar refractivity (Wildman–Crippen MR) is 69.8 cm³/mol. The summed E-state index contributed by atoms with van der Waals surface area (Å²) in [5.74, 6) is 1.08. The molecule has 0 radical (unpaired) electrons. The molecular weight excluding hydrogens is 212 g/mol. The van der Waals surface area contributed by atoms with E-state index >= 15 is 0 Å². The molecule has 2 rings (SSSR count). The molecule has 0 aromatic rings. The third-order valence-electron chi connectivity index (χ3n) is 4.42. The Kier molecular flexibility index (Phi) is 3.76. The zero-order valence-electron chi connectivity index (χ0n) is 11.5. The van der Waals surface area contributed by atoms with E-state index in [1.54, 1.807) is 0 Å². The lowest BCUT2D eigenvalue weighted by Crippen LogP contribution is -2.55. The Labute approximate surface area is 105 Å². The Balaban J connectivity index is 2.04. The van der Waals surface area contributed by atoms with E-state index in [0.717, 1.165) is 19.0 Å². The highest BCUT2D eigenvalue weighted by Gasteiger charge is 2.42. The minimum absolute atomic E-state index is 0.300. The second-order valence-corrected chi connectivity index (χ2v) is 6.05. The van der Waals surface area contributed by atoms with Crippen molar-refractivity contribution in [3.63, 3.8) is 0 Å². The van der Waals surface area contributed by atoms with Gasteiger partial charge in [0.25, 0.3) is 0 Å². The highest BCUT2D eigenvalue weighted by atomic mass is 16.2. The lowest BCUT2D eigenvalue weighted by Gasteiger charge is -2.36. The second-order valence-electron chi connectivity index (χ2n) is 6.05. The lowest BCUT2D eigenvalue weighted by atomic mass is 9.85. The number of hydrogen-bond donors (Lipinski definition) is 1. The van der Waals surface area contributed by atoms with E-state index in [1.807, 2.05) is 13.8 Å². The van der Waals surface area contributed by atoms with Gasteiger partial charge in [0, 0.05) is 12.6 Å². The van der Waals surface area contributed by atoms with Crippen LogP contribution < -0.4 is 5.32 Å². The van der Waals surface area contributed by atoms with Crippen LogP contribution in [0.2, 0.25) is 0 Å². The number of fused-ring (bicyclic) bond motifs is 1. The molecule has 3 nitrogen and oxygen atoms in total. The first-order valence-corrected chi connectivity index (χ1v) is 7.12. The van der Waals surface area contributed by atoms with Crippen LogP contribution in [0.25, 0.3) is 0 Å². The van der Waals surface area contributed by atoms with Gasteiger partial charge < -0.3 is 10.2 Å². The van der Waals surface area contributed by atoms with Crippen molar-refractivity contribution < 1.29 is 4.79 Å². The van der Waals surface area contributed by atoms with E-state index in [1.165, 1.54) is 32.1 Å². The van der Waals surface area contributed by atoms with Crippen LogP contribution in [-0.4, -0.2) is 35.5 Å². The van der Waals surface area contributed by atoms with Crippen molar-refractivity contribution in [3.8, 4) is 0 Å². The Morgan fingerprint density at radius 3 is 2.71 bits per heavy atom. The average Bonchev–Trinajstić information content (AvgIpc) is 2.71. The summed E-state index contributed by atoms with van der Waals surface area (Å²) in [5.41, 5.74) is -0.402. The summed E-state index contributed by atoms with van der Waals surface area (Å²) >= 11 is 0. The van der Waals surface area contributed by atoms with Gasteiger partial charge in [0.2, 0.25) is 5.91 Å². The maximum Gasteiger partial charge on any atom is 0.242 e. The molecule has 2 atom stereocenters. The SMILES string of the molecule is CCNC(C)(C)C(=O)N1CCC2CCCCC21. The number of carbonyl (C=O) groups is 1. The zero-order chi connectivity index (χ0) is 12.5. The van der Waals surface area contributed by atoms with Gasteiger partial charge in [0.15, 0.2) is 0 Å². The fourth-order valence-electron chi connectivity index (χ4n) is 3.53. The van der Waals surface area contributed by atoms with Crippen molar-refractivity contribution in [3.05, 3.63) is 0 Å². The van der Waals surface area contributed by atoms with E-state index < -0.39 is 5.54 Å². The van der Waals surface area contributed by atoms with Crippen molar-refractivity contribution in [2.75, 3.05) is 13.1 Å². The van der Waals surface area contributed by atoms with E-state index in [4.69, 9.17) is 0 Å². The standard InChI is InChI=1S/C14H26N2O/c1-4-15-14(2,3)13(17)16-10-9-11-7-5-6-8-12(11)16/h11-12,15H,4-10H2,1-3H3. The summed E-state index contributed by atoms with van der Waals surface area (Å²) in [6.07, 6.45) is 6.43. The van der Waals surface area contributed by atoms with E-state index in [-0.39, 0.29) is 0 Å². The number of likely N-dealkylation sites (tertiary alicyclic amines) is 1. The molecule has 0 spiro atoms. The van der Waals surface area contributed by atoms with Crippen LogP contribution in [0.1, 0.15) is 52.9 Å². The summed E-state index contributed by atoms with van der Waals surface area (Å²) in [4.78, 5) is 14.7. The third kappa shape index (κ3) is 2.49. The molecule has 1 amide bonds. The van der Waals surface area contributed by atoms with E-state index in [0.29, 0.717) is 11.9 Å².